The van der Waals surface area contributed by atoms with Gasteiger partial charge in [-0.15, -0.1) is 0 Å². The SMILES string of the molecule is O=C(NCc1ccc2c(c1)OCO2)c1cc2ncccc2o1. The predicted octanol–water partition coefficient (Wildman–Crippen LogP) is 2.49. The van der Waals surface area contributed by atoms with Gasteiger partial charge in [0.1, 0.15) is 5.52 Å². The molecular formula is C16H12N2O4. The van der Waals surface area contributed by atoms with Gasteiger partial charge in [-0.3, -0.25) is 9.78 Å². The zero-order valence-corrected chi connectivity index (χ0v) is 11.5. The molecule has 2 aromatic heterocycles. The number of carbonyl (C=O) groups excluding carboxylic acids is 1. The lowest BCUT2D eigenvalue weighted by Gasteiger charge is -2.04. The van der Waals surface area contributed by atoms with Gasteiger partial charge in [-0.2, -0.15) is 0 Å². The summed E-state index contributed by atoms with van der Waals surface area (Å²) in [5.41, 5.74) is 2.18. The normalized spacial score (nSPS) is 12.5. The molecule has 6 heteroatoms. The van der Waals surface area contributed by atoms with E-state index in [0.717, 1.165) is 11.3 Å². The number of carbonyl (C=O) groups is 1. The summed E-state index contributed by atoms with van der Waals surface area (Å²) in [6, 6.07) is 10.7. The van der Waals surface area contributed by atoms with Gasteiger partial charge in [0.2, 0.25) is 6.79 Å². The second-order valence-electron chi connectivity index (χ2n) is 4.87. The molecule has 22 heavy (non-hydrogen) atoms. The minimum absolute atomic E-state index is 0.233. The van der Waals surface area contributed by atoms with E-state index in [1.165, 1.54) is 0 Å². The monoisotopic (exact) mass is 296 g/mol. The Morgan fingerprint density at radius 3 is 3.00 bits per heavy atom. The highest BCUT2D eigenvalue weighted by molar-refractivity contribution is 5.95. The van der Waals surface area contributed by atoms with Crippen LogP contribution in [-0.4, -0.2) is 17.7 Å². The van der Waals surface area contributed by atoms with Crippen molar-refractivity contribution >= 4 is 17.0 Å². The van der Waals surface area contributed by atoms with Crippen LogP contribution < -0.4 is 14.8 Å². The highest BCUT2D eigenvalue weighted by Crippen LogP contribution is 2.32. The lowest BCUT2D eigenvalue weighted by atomic mass is 10.2. The Labute approximate surface area is 125 Å². The van der Waals surface area contributed by atoms with Crippen LogP contribution in [0.25, 0.3) is 11.1 Å². The zero-order chi connectivity index (χ0) is 14.9. The Balaban J connectivity index is 1.48. The first-order valence-electron chi connectivity index (χ1n) is 6.81. The summed E-state index contributed by atoms with van der Waals surface area (Å²) in [7, 11) is 0. The number of pyridine rings is 1. The Morgan fingerprint density at radius 2 is 2.09 bits per heavy atom. The summed E-state index contributed by atoms with van der Waals surface area (Å²) in [5, 5.41) is 2.81. The maximum atomic E-state index is 12.1. The van der Waals surface area contributed by atoms with Gasteiger partial charge in [-0.25, -0.2) is 0 Å². The van der Waals surface area contributed by atoms with Gasteiger partial charge in [-0.05, 0) is 29.8 Å². The van der Waals surface area contributed by atoms with E-state index in [9.17, 15) is 4.79 Å². The van der Waals surface area contributed by atoms with Gasteiger partial charge in [0.25, 0.3) is 5.91 Å². The number of nitrogens with one attached hydrogen (secondary N) is 1. The first-order valence-corrected chi connectivity index (χ1v) is 6.81. The number of hydrogen-bond acceptors (Lipinski definition) is 5. The third-order valence-electron chi connectivity index (χ3n) is 3.40. The Kier molecular flexibility index (Phi) is 2.93. The summed E-state index contributed by atoms with van der Waals surface area (Å²) < 4.78 is 16.0. The van der Waals surface area contributed by atoms with Crippen molar-refractivity contribution in [3.63, 3.8) is 0 Å². The standard InChI is InChI=1S/C16H12N2O4/c19-16(15-7-11-12(22-15)2-1-5-17-11)18-8-10-3-4-13-14(6-10)21-9-20-13/h1-7H,8-9H2,(H,18,19). The first kappa shape index (κ1) is 12.7. The maximum Gasteiger partial charge on any atom is 0.287 e. The van der Waals surface area contributed by atoms with Crippen molar-refractivity contribution in [1.82, 2.24) is 10.3 Å². The average Bonchev–Trinajstić information content (AvgIpc) is 3.18. The fraction of sp³-hybridized carbons (Fsp3) is 0.125. The van der Waals surface area contributed by atoms with E-state index in [1.54, 1.807) is 24.4 Å². The third-order valence-corrected chi connectivity index (χ3v) is 3.40. The van der Waals surface area contributed by atoms with Crippen molar-refractivity contribution < 1.29 is 18.7 Å². The molecule has 0 spiro atoms. The van der Waals surface area contributed by atoms with E-state index in [0.29, 0.717) is 23.4 Å². The Morgan fingerprint density at radius 1 is 1.18 bits per heavy atom. The maximum absolute atomic E-state index is 12.1. The van der Waals surface area contributed by atoms with Crippen LogP contribution in [0, 0.1) is 0 Å². The van der Waals surface area contributed by atoms with Crippen LogP contribution in [0.5, 0.6) is 11.5 Å². The summed E-state index contributed by atoms with van der Waals surface area (Å²) in [6.45, 7) is 0.608. The number of furan rings is 1. The van der Waals surface area contributed by atoms with Crippen molar-refractivity contribution in [2.75, 3.05) is 6.79 Å². The fourth-order valence-electron chi connectivity index (χ4n) is 2.30. The Bertz CT molecular complexity index is 823. The first-order chi connectivity index (χ1) is 10.8. The van der Waals surface area contributed by atoms with Crippen molar-refractivity contribution in [2.24, 2.45) is 0 Å². The van der Waals surface area contributed by atoms with Gasteiger partial charge in [0, 0.05) is 18.8 Å². The van der Waals surface area contributed by atoms with E-state index >= 15 is 0 Å². The molecule has 3 aromatic rings. The fourth-order valence-corrected chi connectivity index (χ4v) is 2.30. The number of rotatable bonds is 3. The number of fused-ring (bicyclic) bond motifs is 2. The van der Waals surface area contributed by atoms with Crippen molar-refractivity contribution in [2.45, 2.75) is 6.54 Å². The molecule has 0 bridgehead atoms. The van der Waals surface area contributed by atoms with Crippen LogP contribution in [0.3, 0.4) is 0 Å². The minimum atomic E-state index is -0.282. The summed E-state index contributed by atoms with van der Waals surface area (Å²) in [4.78, 5) is 16.3. The van der Waals surface area contributed by atoms with Crippen LogP contribution >= 0.6 is 0 Å². The molecule has 0 atom stereocenters. The van der Waals surface area contributed by atoms with E-state index in [2.05, 4.69) is 10.3 Å². The smallest absolute Gasteiger partial charge is 0.287 e. The average molecular weight is 296 g/mol. The molecule has 110 valence electrons. The molecule has 0 aliphatic carbocycles. The highest BCUT2D eigenvalue weighted by atomic mass is 16.7. The molecule has 0 fully saturated rings. The summed E-state index contributed by atoms with van der Waals surface area (Å²) >= 11 is 0. The van der Waals surface area contributed by atoms with Gasteiger partial charge >= 0.3 is 0 Å². The van der Waals surface area contributed by atoms with Crippen molar-refractivity contribution in [3.8, 4) is 11.5 Å². The van der Waals surface area contributed by atoms with Crippen molar-refractivity contribution in [1.29, 1.82) is 0 Å². The van der Waals surface area contributed by atoms with E-state index in [4.69, 9.17) is 13.9 Å². The Hall–Kier alpha value is -3.02. The van der Waals surface area contributed by atoms with E-state index in [-0.39, 0.29) is 18.5 Å². The number of aromatic nitrogens is 1. The lowest BCUT2D eigenvalue weighted by molar-refractivity contribution is 0.0925. The lowest BCUT2D eigenvalue weighted by Crippen LogP contribution is -2.22. The molecule has 1 aliphatic rings. The molecule has 0 saturated heterocycles. The predicted molar refractivity (Wildman–Crippen MR) is 77.7 cm³/mol. The zero-order valence-electron chi connectivity index (χ0n) is 11.5. The quantitative estimate of drug-likeness (QED) is 0.803. The van der Waals surface area contributed by atoms with Gasteiger partial charge < -0.3 is 19.2 Å². The molecule has 4 rings (SSSR count). The molecule has 0 radical (unpaired) electrons. The molecule has 1 N–H and O–H groups in total. The number of amides is 1. The van der Waals surface area contributed by atoms with E-state index < -0.39 is 0 Å². The summed E-state index contributed by atoms with van der Waals surface area (Å²) in [6.07, 6.45) is 1.66. The van der Waals surface area contributed by atoms with Gasteiger partial charge in [-0.1, -0.05) is 6.07 Å². The molecular weight excluding hydrogens is 284 g/mol. The van der Waals surface area contributed by atoms with E-state index in [1.807, 2.05) is 18.2 Å². The molecule has 1 aromatic carbocycles. The van der Waals surface area contributed by atoms with Crippen LogP contribution in [-0.2, 0) is 6.54 Å². The molecule has 1 aliphatic heterocycles. The largest absolute Gasteiger partial charge is 0.454 e. The number of hydrogen-bond donors (Lipinski definition) is 1. The highest BCUT2D eigenvalue weighted by Gasteiger charge is 2.15. The molecule has 6 nitrogen and oxygen atoms in total. The number of nitrogens with zero attached hydrogens (tertiary/aromatic N) is 1. The number of ether oxygens (including phenoxy) is 2. The molecule has 3 heterocycles. The molecule has 0 saturated carbocycles. The van der Waals surface area contributed by atoms with Crippen molar-refractivity contribution in [3.05, 3.63) is 53.9 Å². The van der Waals surface area contributed by atoms with Crippen LogP contribution in [0.4, 0.5) is 0 Å². The van der Waals surface area contributed by atoms with Gasteiger partial charge in [0.05, 0.1) is 0 Å². The van der Waals surface area contributed by atoms with Gasteiger partial charge in [0.15, 0.2) is 22.8 Å². The summed E-state index contributed by atoms with van der Waals surface area (Å²) in [5.74, 6) is 1.38. The molecule has 1 amide bonds. The topological polar surface area (TPSA) is 73.6 Å². The van der Waals surface area contributed by atoms with Crippen LogP contribution in [0.15, 0.2) is 47.0 Å². The van der Waals surface area contributed by atoms with Crippen LogP contribution in [0.2, 0.25) is 0 Å². The number of benzene rings is 1. The third kappa shape index (κ3) is 2.24. The molecule has 0 unspecified atom stereocenters. The minimum Gasteiger partial charge on any atom is -0.454 e. The second kappa shape index (κ2) is 5.07. The second-order valence-corrected chi connectivity index (χ2v) is 4.87. The van der Waals surface area contributed by atoms with Crippen LogP contribution in [0.1, 0.15) is 16.1 Å².